The Hall–Kier alpha value is -1.35. The van der Waals surface area contributed by atoms with Gasteiger partial charge in [-0.1, -0.05) is 30.6 Å². The summed E-state index contributed by atoms with van der Waals surface area (Å²) in [7, 11) is 0. The van der Waals surface area contributed by atoms with E-state index in [9.17, 15) is 0 Å². The number of rotatable bonds is 7. The SMILES string of the molecule is CCNC(=NCc1nc(-c2ccc(Cl)cc2)no1)NCCC(C)C.I. The lowest BCUT2D eigenvalue weighted by molar-refractivity contribution is 0.380. The Bertz CT molecular complexity index is 657. The molecule has 0 bridgehead atoms. The van der Waals surface area contributed by atoms with Gasteiger partial charge in [0.2, 0.25) is 11.7 Å². The van der Waals surface area contributed by atoms with E-state index in [2.05, 4.69) is 39.6 Å². The fraction of sp³-hybridized carbons (Fsp3) is 0.471. The van der Waals surface area contributed by atoms with Crippen molar-refractivity contribution in [1.82, 2.24) is 20.8 Å². The van der Waals surface area contributed by atoms with Crippen molar-refractivity contribution in [1.29, 1.82) is 0 Å². The van der Waals surface area contributed by atoms with Gasteiger partial charge in [-0.05, 0) is 43.5 Å². The first-order chi connectivity index (χ1) is 11.6. The van der Waals surface area contributed by atoms with Gasteiger partial charge in [0.15, 0.2) is 5.96 Å². The van der Waals surface area contributed by atoms with Crippen molar-refractivity contribution in [3.8, 4) is 11.4 Å². The van der Waals surface area contributed by atoms with Gasteiger partial charge in [-0.3, -0.25) is 0 Å². The van der Waals surface area contributed by atoms with E-state index in [1.165, 1.54) is 0 Å². The highest BCUT2D eigenvalue weighted by Gasteiger charge is 2.08. The molecule has 0 saturated heterocycles. The smallest absolute Gasteiger partial charge is 0.248 e. The van der Waals surface area contributed by atoms with Gasteiger partial charge >= 0.3 is 0 Å². The molecule has 0 saturated carbocycles. The number of guanidine groups is 1. The quantitative estimate of drug-likeness (QED) is 0.357. The molecule has 1 aromatic heterocycles. The molecule has 0 atom stereocenters. The topological polar surface area (TPSA) is 75.3 Å². The molecule has 2 rings (SSSR count). The van der Waals surface area contributed by atoms with Crippen molar-refractivity contribution < 1.29 is 4.52 Å². The van der Waals surface area contributed by atoms with Crippen LogP contribution < -0.4 is 10.6 Å². The van der Waals surface area contributed by atoms with Crippen LogP contribution in [0.15, 0.2) is 33.8 Å². The number of benzene rings is 1. The number of nitrogens with zero attached hydrogens (tertiary/aromatic N) is 3. The largest absolute Gasteiger partial charge is 0.357 e. The summed E-state index contributed by atoms with van der Waals surface area (Å²) in [5, 5.41) is 11.2. The second-order valence-corrected chi connectivity index (χ2v) is 6.26. The van der Waals surface area contributed by atoms with Crippen molar-refractivity contribution in [2.24, 2.45) is 10.9 Å². The Balaban J connectivity index is 0.00000312. The maximum Gasteiger partial charge on any atom is 0.248 e. The molecule has 0 aliphatic rings. The Kier molecular flexibility index (Phi) is 9.81. The number of aromatic nitrogens is 2. The second kappa shape index (κ2) is 11.3. The van der Waals surface area contributed by atoms with Crippen molar-refractivity contribution in [3.05, 3.63) is 35.2 Å². The first-order valence-electron chi connectivity index (χ1n) is 8.19. The molecule has 2 N–H and O–H groups in total. The first kappa shape index (κ1) is 21.7. The Morgan fingerprint density at radius 3 is 2.60 bits per heavy atom. The summed E-state index contributed by atoms with van der Waals surface area (Å²) < 4.78 is 5.26. The third-order valence-corrected chi connectivity index (χ3v) is 3.55. The van der Waals surface area contributed by atoms with E-state index in [1.54, 1.807) is 12.1 Å². The summed E-state index contributed by atoms with van der Waals surface area (Å²) in [6, 6.07) is 7.32. The first-order valence-corrected chi connectivity index (χ1v) is 8.57. The molecule has 0 unspecified atom stereocenters. The molecule has 1 heterocycles. The molecule has 8 heteroatoms. The zero-order valence-corrected chi connectivity index (χ0v) is 17.8. The van der Waals surface area contributed by atoms with Crippen LogP contribution in [0.25, 0.3) is 11.4 Å². The maximum absolute atomic E-state index is 5.88. The summed E-state index contributed by atoms with van der Waals surface area (Å²) >= 11 is 5.88. The molecule has 0 aliphatic heterocycles. The van der Waals surface area contributed by atoms with Gasteiger partial charge in [0.25, 0.3) is 0 Å². The predicted octanol–water partition coefficient (Wildman–Crippen LogP) is 4.11. The molecule has 0 spiro atoms. The lowest BCUT2D eigenvalue weighted by Crippen LogP contribution is -2.38. The number of hydrogen-bond acceptors (Lipinski definition) is 4. The molecule has 0 aliphatic carbocycles. The van der Waals surface area contributed by atoms with Crippen LogP contribution in [-0.4, -0.2) is 29.2 Å². The van der Waals surface area contributed by atoms with Crippen LogP contribution >= 0.6 is 35.6 Å². The van der Waals surface area contributed by atoms with Gasteiger partial charge in [-0.25, -0.2) is 4.99 Å². The van der Waals surface area contributed by atoms with E-state index in [-0.39, 0.29) is 24.0 Å². The molecule has 25 heavy (non-hydrogen) atoms. The summed E-state index contributed by atoms with van der Waals surface area (Å²) in [5.41, 5.74) is 0.861. The van der Waals surface area contributed by atoms with Crippen LogP contribution in [0.3, 0.4) is 0 Å². The lowest BCUT2D eigenvalue weighted by Gasteiger charge is -2.11. The number of nitrogens with one attached hydrogen (secondary N) is 2. The van der Waals surface area contributed by atoms with Crippen LogP contribution in [0.4, 0.5) is 0 Å². The minimum absolute atomic E-state index is 0. The van der Waals surface area contributed by atoms with Gasteiger partial charge in [0.05, 0.1) is 0 Å². The molecule has 2 aromatic rings. The normalized spacial score (nSPS) is 11.3. The van der Waals surface area contributed by atoms with E-state index < -0.39 is 0 Å². The van der Waals surface area contributed by atoms with Gasteiger partial charge < -0.3 is 15.2 Å². The molecule has 138 valence electrons. The Morgan fingerprint density at radius 1 is 1.24 bits per heavy atom. The summed E-state index contributed by atoms with van der Waals surface area (Å²) in [6.07, 6.45) is 1.09. The molecular formula is C17H25ClIN5O. The highest BCUT2D eigenvalue weighted by atomic mass is 127. The molecule has 6 nitrogen and oxygen atoms in total. The summed E-state index contributed by atoms with van der Waals surface area (Å²) in [4.78, 5) is 8.85. The minimum atomic E-state index is 0. The summed E-state index contributed by atoms with van der Waals surface area (Å²) in [6.45, 7) is 8.43. The fourth-order valence-corrected chi connectivity index (χ4v) is 2.13. The number of aliphatic imine (C=N–C) groups is 1. The lowest BCUT2D eigenvalue weighted by atomic mass is 10.1. The minimum Gasteiger partial charge on any atom is -0.357 e. The van der Waals surface area contributed by atoms with Crippen molar-refractivity contribution in [2.45, 2.75) is 33.7 Å². The van der Waals surface area contributed by atoms with Crippen molar-refractivity contribution >= 4 is 41.5 Å². The maximum atomic E-state index is 5.88. The van der Waals surface area contributed by atoms with Crippen LogP contribution in [0.2, 0.25) is 5.02 Å². The van der Waals surface area contributed by atoms with Crippen LogP contribution in [0.5, 0.6) is 0 Å². The third kappa shape index (κ3) is 7.60. The monoisotopic (exact) mass is 477 g/mol. The second-order valence-electron chi connectivity index (χ2n) is 5.82. The van der Waals surface area contributed by atoms with Crippen LogP contribution in [-0.2, 0) is 6.54 Å². The van der Waals surface area contributed by atoms with Crippen LogP contribution in [0, 0.1) is 5.92 Å². The van der Waals surface area contributed by atoms with E-state index in [0.717, 1.165) is 31.0 Å². The molecule has 1 aromatic carbocycles. The highest BCUT2D eigenvalue weighted by molar-refractivity contribution is 14.0. The van der Waals surface area contributed by atoms with E-state index in [4.69, 9.17) is 16.1 Å². The third-order valence-electron chi connectivity index (χ3n) is 3.30. The van der Waals surface area contributed by atoms with E-state index in [1.807, 2.05) is 19.1 Å². The fourth-order valence-electron chi connectivity index (χ4n) is 2.00. The zero-order valence-electron chi connectivity index (χ0n) is 14.8. The van der Waals surface area contributed by atoms with Gasteiger partial charge in [-0.2, -0.15) is 4.98 Å². The van der Waals surface area contributed by atoms with E-state index >= 15 is 0 Å². The molecular weight excluding hydrogens is 453 g/mol. The predicted molar refractivity (Wildman–Crippen MR) is 112 cm³/mol. The Morgan fingerprint density at radius 2 is 1.96 bits per heavy atom. The zero-order chi connectivity index (χ0) is 17.4. The molecule has 0 fully saturated rings. The van der Waals surface area contributed by atoms with Crippen molar-refractivity contribution in [2.75, 3.05) is 13.1 Å². The summed E-state index contributed by atoms with van der Waals surface area (Å²) in [5.74, 6) is 2.42. The van der Waals surface area contributed by atoms with Crippen molar-refractivity contribution in [3.63, 3.8) is 0 Å². The standard InChI is InChI=1S/C17H24ClN5O.HI/c1-4-19-17(20-10-9-12(2)3)21-11-15-22-16(23-24-15)13-5-7-14(18)8-6-13;/h5-8,12H,4,9-11H2,1-3H3,(H2,19,20,21);1H. The van der Waals surface area contributed by atoms with Gasteiger partial charge in [-0.15, -0.1) is 24.0 Å². The van der Waals surface area contributed by atoms with Gasteiger partial charge in [0, 0.05) is 23.7 Å². The van der Waals surface area contributed by atoms with Crippen LogP contribution in [0.1, 0.15) is 33.1 Å². The number of hydrogen-bond donors (Lipinski definition) is 2. The molecule has 0 amide bonds. The Labute approximate surface area is 170 Å². The highest BCUT2D eigenvalue weighted by Crippen LogP contribution is 2.18. The average Bonchev–Trinajstić information content (AvgIpc) is 3.02. The molecule has 0 radical (unpaired) electrons. The van der Waals surface area contributed by atoms with E-state index in [0.29, 0.717) is 29.2 Å². The average molecular weight is 478 g/mol. The number of halogens is 2. The van der Waals surface area contributed by atoms with Gasteiger partial charge in [0.1, 0.15) is 6.54 Å².